The molecule has 68 valence electrons. The second kappa shape index (κ2) is 3.86. The first-order valence-corrected chi connectivity index (χ1v) is 5.39. The van der Waals surface area contributed by atoms with Crippen LogP contribution in [-0.4, -0.2) is 9.97 Å². The maximum absolute atomic E-state index is 8.73. The van der Waals surface area contributed by atoms with E-state index in [1.54, 1.807) is 12.4 Å². The lowest BCUT2D eigenvalue weighted by molar-refractivity contribution is 1.30. The molecule has 0 unspecified atom stereocenters. The summed E-state index contributed by atoms with van der Waals surface area (Å²) in [7, 11) is 0. The minimum atomic E-state index is 0.432. The van der Waals surface area contributed by atoms with Gasteiger partial charge < -0.3 is 0 Å². The van der Waals surface area contributed by atoms with Crippen molar-refractivity contribution in [1.29, 1.82) is 5.26 Å². The van der Waals surface area contributed by atoms with Gasteiger partial charge >= 0.3 is 0 Å². The van der Waals surface area contributed by atoms with Crippen molar-refractivity contribution >= 4 is 27.3 Å². The number of pyridine rings is 1. The molecule has 0 spiro atoms. The molecule has 2 heterocycles. The molecule has 2 rings (SSSR count). The topological polar surface area (TPSA) is 49.6 Å². The van der Waals surface area contributed by atoms with Crippen LogP contribution in [0.2, 0.25) is 0 Å². The van der Waals surface area contributed by atoms with Crippen LogP contribution in [-0.2, 0) is 0 Å². The molecule has 3 nitrogen and oxygen atoms in total. The lowest BCUT2D eigenvalue weighted by Crippen LogP contribution is -1.78. The fourth-order valence-electron chi connectivity index (χ4n) is 0.988. The molecule has 0 N–H and O–H groups in total. The SMILES string of the molecule is N#Cc1nc(-c2ccncc2)sc1Br. The summed E-state index contributed by atoms with van der Waals surface area (Å²) in [6.07, 6.45) is 3.41. The summed E-state index contributed by atoms with van der Waals surface area (Å²) in [5, 5.41) is 9.56. The summed E-state index contributed by atoms with van der Waals surface area (Å²) in [5.41, 5.74) is 1.41. The van der Waals surface area contributed by atoms with Crippen molar-refractivity contribution < 1.29 is 0 Å². The zero-order valence-corrected chi connectivity index (χ0v) is 9.34. The van der Waals surface area contributed by atoms with Crippen LogP contribution in [0.15, 0.2) is 28.3 Å². The predicted molar refractivity (Wildman–Crippen MR) is 57.8 cm³/mol. The molecular formula is C9H4BrN3S. The van der Waals surface area contributed by atoms with Gasteiger partial charge in [0.2, 0.25) is 0 Å². The number of nitriles is 1. The maximum Gasteiger partial charge on any atom is 0.166 e. The predicted octanol–water partition coefficient (Wildman–Crippen LogP) is 2.84. The summed E-state index contributed by atoms with van der Waals surface area (Å²) in [6.45, 7) is 0. The van der Waals surface area contributed by atoms with Gasteiger partial charge in [0.25, 0.3) is 0 Å². The van der Waals surface area contributed by atoms with Crippen molar-refractivity contribution in [2.24, 2.45) is 0 Å². The van der Waals surface area contributed by atoms with Gasteiger partial charge in [0, 0.05) is 18.0 Å². The van der Waals surface area contributed by atoms with Crippen molar-refractivity contribution in [3.8, 4) is 16.6 Å². The number of nitrogens with zero attached hydrogens (tertiary/aromatic N) is 3. The third kappa shape index (κ3) is 1.67. The van der Waals surface area contributed by atoms with E-state index in [1.165, 1.54) is 11.3 Å². The molecule has 0 aliphatic rings. The lowest BCUT2D eigenvalue weighted by atomic mass is 10.3. The molecule has 5 heteroatoms. The summed E-state index contributed by atoms with van der Waals surface area (Å²) in [4.78, 5) is 8.10. The van der Waals surface area contributed by atoms with E-state index < -0.39 is 0 Å². The molecule has 0 aromatic carbocycles. The molecule has 0 atom stereocenters. The molecule has 0 saturated carbocycles. The van der Waals surface area contributed by atoms with Crippen LogP contribution in [0, 0.1) is 11.3 Å². The third-order valence-electron chi connectivity index (χ3n) is 1.62. The van der Waals surface area contributed by atoms with Gasteiger partial charge in [-0.3, -0.25) is 4.98 Å². The van der Waals surface area contributed by atoms with Crippen LogP contribution in [0.5, 0.6) is 0 Å². The minimum Gasteiger partial charge on any atom is -0.265 e. The number of aromatic nitrogens is 2. The highest BCUT2D eigenvalue weighted by Crippen LogP contribution is 2.30. The maximum atomic E-state index is 8.73. The molecule has 0 aliphatic carbocycles. The van der Waals surface area contributed by atoms with Gasteiger partial charge in [-0.2, -0.15) is 5.26 Å². The highest BCUT2D eigenvalue weighted by Gasteiger charge is 2.09. The zero-order chi connectivity index (χ0) is 9.97. The Hall–Kier alpha value is -1.25. The van der Waals surface area contributed by atoms with Gasteiger partial charge in [0.05, 0.1) is 0 Å². The van der Waals surface area contributed by atoms with Gasteiger partial charge in [-0.05, 0) is 28.1 Å². The molecule has 0 amide bonds. The van der Waals surface area contributed by atoms with E-state index >= 15 is 0 Å². The van der Waals surface area contributed by atoms with E-state index in [4.69, 9.17) is 5.26 Å². The second-order valence-corrected chi connectivity index (χ2v) is 4.81. The number of hydrogen-bond donors (Lipinski definition) is 0. The van der Waals surface area contributed by atoms with E-state index in [-0.39, 0.29) is 0 Å². The van der Waals surface area contributed by atoms with Crippen molar-refractivity contribution in [2.75, 3.05) is 0 Å². The smallest absolute Gasteiger partial charge is 0.166 e. The van der Waals surface area contributed by atoms with Crippen LogP contribution in [0.4, 0.5) is 0 Å². The van der Waals surface area contributed by atoms with Crippen molar-refractivity contribution in [1.82, 2.24) is 9.97 Å². The Balaban J connectivity index is 2.50. The standard InChI is InChI=1S/C9H4BrN3S/c10-8-7(5-11)13-9(14-8)6-1-3-12-4-2-6/h1-4H. The Morgan fingerprint density at radius 1 is 1.36 bits per heavy atom. The van der Waals surface area contributed by atoms with E-state index in [9.17, 15) is 0 Å². The zero-order valence-electron chi connectivity index (χ0n) is 6.94. The number of rotatable bonds is 1. The molecular weight excluding hydrogens is 262 g/mol. The van der Waals surface area contributed by atoms with Crippen molar-refractivity contribution in [2.45, 2.75) is 0 Å². The van der Waals surface area contributed by atoms with Crippen LogP contribution in [0.25, 0.3) is 10.6 Å². The minimum absolute atomic E-state index is 0.432. The molecule has 0 saturated heterocycles. The Morgan fingerprint density at radius 3 is 2.64 bits per heavy atom. The van der Waals surface area contributed by atoms with Gasteiger partial charge in [0.1, 0.15) is 14.9 Å². The van der Waals surface area contributed by atoms with Crippen molar-refractivity contribution in [3.63, 3.8) is 0 Å². The molecule has 14 heavy (non-hydrogen) atoms. The highest BCUT2D eigenvalue weighted by molar-refractivity contribution is 9.11. The summed E-state index contributed by atoms with van der Waals surface area (Å²) < 4.78 is 0.770. The fourth-order valence-corrected chi connectivity index (χ4v) is 2.37. The number of thiazole rings is 1. The average molecular weight is 266 g/mol. The van der Waals surface area contributed by atoms with Crippen LogP contribution in [0.3, 0.4) is 0 Å². The van der Waals surface area contributed by atoms with Gasteiger partial charge in [-0.1, -0.05) is 0 Å². The lowest BCUT2D eigenvalue weighted by Gasteiger charge is -1.91. The Labute approximate surface area is 93.2 Å². The Morgan fingerprint density at radius 2 is 2.07 bits per heavy atom. The van der Waals surface area contributed by atoms with Gasteiger partial charge in [-0.25, -0.2) is 4.98 Å². The molecule has 0 radical (unpaired) electrons. The first kappa shape index (κ1) is 9.31. The Kier molecular flexibility index (Phi) is 2.57. The summed E-state index contributed by atoms with van der Waals surface area (Å²) in [5.74, 6) is 0. The van der Waals surface area contributed by atoms with E-state index in [1.807, 2.05) is 18.2 Å². The summed E-state index contributed by atoms with van der Waals surface area (Å²) in [6, 6.07) is 5.76. The van der Waals surface area contributed by atoms with Gasteiger partial charge in [0.15, 0.2) is 5.69 Å². The normalized spacial score (nSPS) is 9.71. The largest absolute Gasteiger partial charge is 0.265 e. The van der Waals surface area contributed by atoms with Gasteiger partial charge in [-0.15, -0.1) is 11.3 Å². The highest BCUT2D eigenvalue weighted by atomic mass is 79.9. The average Bonchev–Trinajstić information content (AvgIpc) is 2.61. The second-order valence-electron chi connectivity index (χ2n) is 2.49. The molecule has 2 aromatic rings. The van der Waals surface area contributed by atoms with E-state index in [2.05, 4.69) is 25.9 Å². The quantitative estimate of drug-likeness (QED) is 0.797. The molecule has 0 aliphatic heterocycles. The third-order valence-corrected chi connectivity index (χ3v) is 3.37. The Bertz CT molecular complexity index is 487. The number of halogens is 1. The van der Waals surface area contributed by atoms with Crippen LogP contribution in [0.1, 0.15) is 5.69 Å². The molecule has 0 fully saturated rings. The molecule has 2 aromatic heterocycles. The van der Waals surface area contributed by atoms with Crippen molar-refractivity contribution in [3.05, 3.63) is 34.0 Å². The molecule has 0 bridgehead atoms. The monoisotopic (exact) mass is 265 g/mol. The van der Waals surface area contributed by atoms with E-state index in [0.29, 0.717) is 5.69 Å². The van der Waals surface area contributed by atoms with E-state index in [0.717, 1.165) is 14.4 Å². The van der Waals surface area contributed by atoms with Crippen LogP contribution >= 0.6 is 27.3 Å². The summed E-state index contributed by atoms with van der Waals surface area (Å²) >= 11 is 4.74. The number of hydrogen-bond acceptors (Lipinski definition) is 4. The first-order valence-electron chi connectivity index (χ1n) is 3.78. The fraction of sp³-hybridized carbons (Fsp3) is 0. The van der Waals surface area contributed by atoms with Crippen LogP contribution < -0.4 is 0 Å². The first-order chi connectivity index (χ1) is 6.81.